The lowest BCUT2D eigenvalue weighted by Crippen LogP contribution is -2.21. The zero-order valence-corrected chi connectivity index (χ0v) is 14.0. The molecule has 2 aromatic carbocycles. The number of benzene rings is 2. The number of phenols is 2. The Labute approximate surface area is 156 Å². The third-order valence-electron chi connectivity index (χ3n) is 3.88. The van der Waals surface area contributed by atoms with Crippen molar-refractivity contribution in [1.29, 1.82) is 0 Å². The third-order valence-corrected chi connectivity index (χ3v) is 3.88. The first kappa shape index (κ1) is 18.7. The predicted molar refractivity (Wildman–Crippen MR) is 88.9 cm³/mol. The van der Waals surface area contributed by atoms with Gasteiger partial charge in [0.2, 0.25) is 6.79 Å². The Morgan fingerprint density at radius 1 is 0.857 bits per heavy atom. The number of hydrogen-bond acceptors (Lipinski definition) is 9. The van der Waals surface area contributed by atoms with Gasteiger partial charge in [0.1, 0.15) is 0 Å². The van der Waals surface area contributed by atoms with Crippen LogP contribution in [-0.2, 0) is 14.3 Å². The molecule has 0 heterocycles. The molecule has 28 heavy (non-hydrogen) atoms. The van der Waals surface area contributed by atoms with Gasteiger partial charge in [0.05, 0.1) is 0 Å². The fourth-order valence-corrected chi connectivity index (χ4v) is 2.67. The number of hydrogen-bond donors (Lipinski definition) is 3. The molecule has 0 aliphatic heterocycles. The van der Waals surface area contributed by atoms with E-state index >= 15 is 0 Å². The van der Waals surface area contributed by atoms with Crippen molar-refractivity contribution in [3.05, 3.63) is 46.5 Å². The number of phenolic OH excluding ortho intramolecular Hbond substituents is 2. The average Bonchev–Trinajstić information content (AvgIpc) is 2.65. The van der Waals surface area contributed by atoms with Crippen molar-refractivity contribution in [3.8, 4) is 23.0 Å². The number of aromatic hydroxyl groups is 2. The first-order chi connectivity index (χ1) is 13.3. The fourth-order valence-electron chi connectivity index (χ4n) is 2.67. The molecule has 0 atom stereocenters. The molecule has 10 heteroatoms. The van der Waals surface area contributed by atoms with Gasteiger partial charge in [-0.2, -0.15) is 0 Å². The summed E-state index contributed by atoms with van der Waals surface area (Å²) in [5.41, 5.74) is -0.449. The van der Waals surface area contributed by atoms with E-state index < -0.39 is 42.4 Å². The second-order valence-corrected chi connectivity index (χ2v) is 5.60. The van der Waals surface area contributed by atoms with E-state index in [-0.39, 0.29) is 40.2 Å². The maximum atomic E-state index is 12.8. The van der Waals surface area contributed by atoms with Crippen LogP contribution < -0.4 is 9.47 Å². The summed E-state index contributed by atoms with van der Waals surface area (Å²) in [6.45, 7) is -1.14. The van der Waals surface area contributed by atoms with Crippen molar-refractivity contribution >= 4 is 24.0 Å². The molecule has 0 saturated carbocycles. The summed E-state index contributed by atoms with van der Waals surface area (Å²) in [4.78, 5) is 46.3. The SMILES string of the molecule is O=COCOc1cc2c(cc1O)C(=O)c1cc(O)c(OCC(=O)O)cc1C2=O. The van der Waals surface area contributed by atoms with E-state index in [4.69, 9.17) is 14.6 Å². The number of rotatable bonds is 7. The highest BCUT2D eigenvalue weighted by atomic mass is 16.7. The van der Waals surface area contributed by atoms with Crippen molar-refractivity contribution < 1.29 is 48.7 Å². The number of ether oxygens (including phenoxy) is 3. The Kier molecular flexibility index (Phi) is 4.86. The molecule has 3 N–H and O–H groups in total. The van der Waals surface area contributed by atoms with E-state index in [2.05, 4.69) is 4.74 Å². The number of fused-ring (bicyclic) bond motifs is 2. The first-order valence-corrected chi connectivity index (χ1v) is 7.69. The van der Waals surface area contributed by atoms with Gasteiger partial charge in [0.25, 0.3) is 6.47 Å². The Morgan fingerprint density at radius 2 is 1.32 bits per heavy atom. The van der Waals surface area contributed by atoms with Gasteiger partial charge in [-0.15, -0.1) is 0 Å². The molecule has 0 fully saturated rings. The molecule has 0 unspecified atom stereocenters. The van der Waals surface area contributed by atoms with Crippen molar-refractivity contribution in [2.24, 2.45) is 0 Å². The van der Waals surface area contributed by atoms with Crippen LogP contribution in [0.2, 0.25) is 0 Å². The minimum Gasteiger partial charge on any atom is -0.504 e. The van der Waals surface area contributed by atoms with Crippen molar-refractivity contribution in [2.45, 2.75) is 0 Å². The molecule has 0 radical (unpaired) electrons. The van der Waals surface area contributed by atoms with Gasteiger partial charge in [-0.1, -0.05) is 0 Å². The van der Waals surface area contributed by atoms with Crippen LogP contribution in [0.1, 0.15) is 31.8 Å². The lowest BCUT2D eigenvalue weighted by molar-refractivity contribution is -0.139. The summed E-state index contributed by atoms with van der Waals surface area (Å²) < 4.78 is 14.3. The normalized spacial score (nSPS) is 12.0. The molecule has 0 spiro atoms. The Hall–Kier alpha value is -4.08. The molecule has 1 aliphatic carbocycles. The molecule has 0 saturated heterocycles. The van der Waals surface area contributed by atoms with Gasteiger partial charge >= 0.3 is 5.97 Å². The highest BCUT2D eigenvalue weighted by Crippen LogP contribution is 2.39. The molecule has 0 bridgehead atoms. The Morgan fingerprint density at radius 3 is 1.79 bits per heavy atom. The third kappa shape index (κ3) is 3.30. The summed E-state index contributed by atoms with van der Waals surface area (Å²) >= 11 is 0. The maximum absolute atomic E-state index is 12.8. The Bertz CT molecular complexity index is 1010. The summed E-state index contributed by atoms with van der Waals surface area (Å²) in [6.07, 6.45) is 0. The van der Waals surface area contributed by atoms with E-state index in [0.29, 0.717) is 0 Å². The van der Waals surface area contributed by atoms with Crippen LogP contribution in [0.4, 0.5) is 0 Å². The molecule has 2 aromatic rings. The molecule has 1 aliphatic rings. The van der Waals surface area contributed by atoms with Gasteiger partial charge < -0.3 is 29.5 Å². The topological polar surface area (TPSA) is 157 Å². The molecule has 10 nitrogen and oxygen atoms in total. The fraction of sp³-hybridized carbons (Fsp3) is 0.111. The van der Waals surface area contributed by atoms with Crippen molar-refractivity contribution in [3.63, 3.8) is 0 Å². The summed E-state index contributed by atoms with van der Waals surface area (Å²) in [5.74, 6) is -4.00. The molecule has 0 amide bonds. The quantitative estimate of drug-likeness (QED) is 0.301. The standard InChI is InChI=1S/C18H12O10/c19-6-26-7-28-15-4-11-9(2-13(15)21)17(24)8-1-12(20)14(27-5-16(22)23)3-10(8)18(11)25/h1-4,6,20-21H,5,7H2,(H,22,23). The number of ketones is 2. The minimum absolute atomic E-state index is 0.0914. The summed E-state index contributed by atoms with van der Waals surface area (Å²) in [6, 6.07) is 4.21. The van der Waals surface area contributed by atoms with E-state index in [1.807, 2.05) is 0 Å². The zero-order chi connectivity index (χ0) is 20.4. The highest BCUT2D eigenvalue weighted by molar-refractivity contribution is 6.29. The first-order valence-electron chi connectivity index (χ1n) is 7.69. The number of carboxylic acid groups (broad SMARTS) is 1. The lowest BCUT2D eigenvalue weighted by atomic mass is 9.83. The van der Waals surface area contributed by atoms with Crippen LogP contribution in [0.15, 0.2) is 24.3 Å². The maximum Gasteiger partial charge on any atom is 0.341 e. The highest BCUT2D eigenvalue weighted by Gasteiger charge is 2.33. The van der Waals surface area contributed by atoms with Crippen molar-refractivity contribution in [2.75, 3.05) is 13.4 Å². The number of carbonyl (C=O) groups excluding carboxylic acids is 3. The van der Waals surface area contributed by atoms with Gasteiger partial charge in [0.15, 0.2) is 41.2 Å². The average molecular weight is 388 g/mol. The predicted octanol–water partition coefficient (Wildman–Crippen LogP) is 0.846. The van der Waals surface area contributed by atoms with E-state index in [1.165, 1.54) is 0 Å². The largest absolute Gasteiger partial charge is 0.504 e. The van der Waals surface area contributed by atoms with Crippen LogP contribution in [0, 0.1) is 0 Å². The van der Waals surface area contributed by atoms with Crippen LogP contribution in [0.25, 0.3) is 0 Å². The molecule has 0 aromatic heterocycles. The number of carbonyl (C=O) groups is 4. The van der Waals surface area contributed by atoms with Gasteiger partial charge in [-0.3, -0.25) is 14.4 Å². The van der Waals surface area contributed by atoms with Crippen LogP contribution in [0.3, 0.4) is 0 Å². The molecule has 144 valence electrons. The van der Waals surface area contributed by atoms with Gasteiger partial charge in [0, 0.05) is 22.3 Å². The lowest BCUT2D eigenvalue weighted by Gasteiger charge is -2.20. The number of aliphatic carboxylic acids is 1. The van der Waals surface area contributed by atoms with Crippen LogP contribution in [-0.4, -0.2) is 52.7 Å². The molecular formula is C18H12O10. The second kappa shape index (κ2) is 7.27. The van der Waals surface area contributed by atoms with Gasteiger partial charge in [-0.25, -0.2) is 4.79 Å². The summed E-state index contributed by atoms with van der Waals surface area (Å²) in [5, 5.41) is 28.6. The van der Waals surface area contributed by atoms with Crippen molar-refractivity contribution in [1.82, 2.24) is 0 Å². The smallest absolute Gasteiger partial charge is 0.341 e. The monoisotopic (exact) mass is 388 g/mol. The van der Waals surface area contributed by atoms with E-state index in [9.17, 15) is 29.4 Å². The Balaban J connectivity index is 2.03. The molecule has 3 rings (SSSR count). The number of carboxylic acids is 1. The van der Waals surface area contributed by atoms with Gasteiger partial charge in [-0.05, 0) is 24.3 Å². The minimum atomic E-state index is -1.29. The zero-order valence-electron chi connectivity index (χ0n) is 14.0. The van der Waals surface area contributed by atoms with E-state index in [0.717, 1.165) is 24.3 Å². The summed E-state index contributed by atoms with van der Waals surface area (Å²) in [7, 11) is 0. The second-order valence-electron chi connectivity index (χ2n) is 5.60. The van der Waals surface area contributed by atoms with Crippen LogP contribution in [0.5, 0.6) is 23.0 Å². The van der Waals surface area contributed by atoms with E-state index in [1.54, 1.807) is 0 Å². The molecular weight excluding hydrogens is 376 g/mol. The van der Waals surface area contributed by atoms with Crippen LogP contribution >= 0.6 is 0 Å².